The zero-order chi connectivity index (χ0) is 17.2. The van der Waals surface area contributed by atoms with Crippen LogP contribution in [0.3, 0.4) is 0 Å². The molecule has 0 spiro atoms. The number of benzene rings is 1. The Morgan fingerprint density at radius 1 is 1.29 bits per heavy atom. The van der Waals surface area contributed by atoms with Gasteiger partial charge >= 0.3 is 5.97 Å². The van der Waals surface area contributed by atoms with Crippen molar-refractivity contribution in [1.29, 1.82) is 0 Å². The largest absolute Gasteiger partial charge is 0.481 e. The lowest BCUT2D eigenvalue weighted by Crippen LogP contribution is -2.17. The molecular formula is C18H19N3O3. The Bertz CT molecular complexity index is 712. The highest BCUT2D eigenvalue weighted by Crippen LogP contribution is 2.47. The summed E-state index contributed by atoms with van der Waals surface area (Å²) in [7, 11) is 0. The first-order valence-corrected chi connectivity index (χ1v) is 8.03. The van der Waals surface area contributed by atoms with Crippen molar-refractivity contribution < 1.29 is 14.7 Å². The number of anilines is 1. The van der Waals surface area contributed by atoms with Gasteiger partial charge in [0.2, 0.25) is 5.91 Å². The molecule has 2 N–H and O–H groups in total. The number of carboxylic acids is 1. The average molecular weight is 325 g/mol. The number of carbonyl (C=O) groups is 2. The fraction of sp³-hybridized carbons (Fsp3) is 0.444. The molecule has 0 unspecified atom stereocenters. The molecule has 0 radical (unpaired) electrons. The van der Waals surface area contributed by atoms with Gasteiger partial charge in [-0.05, 0) is 30.0 Å². The summed E-state index contributed by atoms with van der Waals surface area (Å²) < 4.78 is 0. The van der Waals surface area contributed by atoms with E-state index in [1.165, 1.54) is 0 Å². The van der Waals surface area contributed by atoms with E-state index in [-0.39, 0.29) is 17.7 Å². The van der Waals surface area contributed by atoms with E-state index >= 15 is 0 Å². The first-order chi connectivity index (χ1) is 11.5. The number of aliphatic carboxylic acids is 1. The summed E-state index contributed by atoms with van der Waals surface area (Å²) in [5.74, 6) is 1.56. The van der Waals surface area contributed by atoms with Crippen molar-refractivity contribution in [2.24, 2.45) is 16.1 Å². The summed E-state index contributed by atoms with van der Waals surface area (Å²) in [4.78, 5) is 22.9. The molecule has 1 heterocycles. The van der Waals surface area contributed by atoms with Crippen LogP contribution >= 0.6 is 0 Å². The normalized spacial score (nSPS) is 22.5. The lowest BCUT2D eigenvalue weighted by molar-refractivity contribution is -0.138. The summed E-state index contributed by atoms with van der Waals surface area (Å²) >= 11 is 0. The Morgan fingerprint density at radius 2 is 2.00 bits per heavy atom. The number of hydrogen-bond acceptors (Lipinski definition) is 4. The number of rotatable bonds is 8. The highest BCUT2D eigenvalue weighted by Gasteiger charge is 2.44. The minimum atomic E-state index is -0.743. The van der Waals surface area contributed by atoms with Crippen LogP contribution < -0.4 is 5.32 Å². The predicted octanol–water partition coefficient (Wildman–Crippen LogP) is 3.17. The highest BCUT2D eigenvalue weighted by molar-refractivity contribution is 5.90. The van der Waals surface area contributed by atoms with E-state index in [2.05, 4.69) is 21.5 Å². The molecule has 1 aliphatic carbocycles. The van der Waals surface area contributed by atoms with E-state index in [9.17, 15) is 9.59 Å². The molecule has 124 valence electrons. The second kappa shape index (κ2) is 6.44. The maximum Gasteiger partial charge on any atom is 0.307 e. The quantitative estimate of drug-likeness (QED) is 0.719. The molecule has 2 atom stereocenters. The highest BCUT2D eigenvalue weighted by atomic mass is 16.4. The minimum Gasteiger partial charge on any atom is -0.481 e. The van der Waals surface area contributed by atoms with Crippen molar-refractivity contribution in [2.75, 3.05) is 5.32 Å². The van der Waals surface area contributed by atoms with Crippen molar-refractivity contribution in [3.8, 4) is 12.3 Å². The monoisotopic (exact) mass is 325 g/mol. The summed E-state index contributed by atoms with van der Waals surface area (Å²) in [6, 6.07) is 7.38. The van der Waals surface area contributed by atoms with Crippen LogP contribution in [0.1, 0.15) is 43.6 Å². The lowest BCUT2D eigenvalue weighted by atomic mass is 10.0. The maximum absolute atomic E-state index is 12.0. The van der Waals surface area contributed by atoms with Gasteiger partial charge in [0.05, 0.1) is 5.92 Å². The molecule has 1 saturated carbocycles. The number of carboxylic acid groups (broad SMARTS) is 1. The van der Waals surface area contributed by atoms with Gasteiger partial charge in [-0.1, -0.05) is 12.1 Å². The zero-order valence-electron chi connectivity index (χ0n) is 13.2. The zero-order valence-corrected chi connectivity index (χ0v) is 13.2. The molecule has 6 heteroatoms. The first kappa shape index (κ1) is 16.2. The van der Waals surface area contributed by atoms with Crippen molar-refractivity contribution in [3.05, 3.63) is 29.8 Å². The molecule has 1 amide bonds. The Kier molecular flexibility index (Phi) is 4.34. The molecule has 3 rings (SSSR count). The van der Waals surface area contributed by atoms with Crippen molar-refractivity contribution >= 4 is 17.6 Å². The topological polar surface area (TPSA) is 91.1 Å². The van der Waals surface area contributed by atoms with Crippen LogP contribution in [0, 0.1) is 18.3 Å². The lowest BCUT2D eigenvalue weighted by Gasteiger charge is -2.09. The second-order valence-corrected chi connectivity index (χ2v) is 6.34. The Morgan fingerprint density at radius 3 is 2.54 bits per heavy atom. The number of amides is 1. The van der Waals surface area contributed by atoms with Crippen LogP contribution in [-0.2, 0) is 9.59 Å². The van der Waals surface area contributed by atoms with Crippen molar-refractivity contribution in [3.63, 3.8) is 0 Å². The van der Waals surface area contributed by atoms with Crippen molar-refractivity contribution in [2.45, 2.75) is 43.7 Å². The molecular weight excluding hydrogens is 306 g/mol. The Hall–Kier alpha value is -2.68. The van der Waals surface area contributed by atoms with Crippen LogP contribution in [0.5, 0.6) is 0 Å². The van der Waals surface area contributed by atoms with Crippen LogP contribution in [-0.4, -0.2) is 22.6 Å². The third-order valence-corrected chi connectivity index (χ3v) is 4.54. The van der Waals surface area contributed by atoms with Crippen LogP contribution in [0.2, 0.25) is 0 Å². The van der Waals surface area contributed by atoms with Gasteiger partial charge in [-0.2, -0.15) is 10.2 Å². The van der Waals surface area contributed by atoms with Crippen LogP contribution in [0.4, 0.5) is 5.69 Å². The van der Waals surface area contributed by atoms with Crippen LogP contribution in [0.25, 0.3) is 0 Å². The first-order valence-electron chi connectivity index (χ1n) is 8.03. The summed E-state index contributed by atoms with van der Waals surface area (Å²) in [6.45, 7) is 0. The van der Waals surface area contributed by atoms with Gasteiger partial charge in [0.25, 0.3) is 0 Å². The molecule has 0 bridgehead atoms. The molecule has 0 saturated heterocycles. The number of nitrogens with zero attached hydrogens (tertiary/aromatic N) is 2. The van der Waals surface area contributed by atoms with Crippen molar-refractivity contribution in [1.82, 2.24) is 0 Å². The summed E-state index contributed by atoms with van der Waals surface area (Å²) in [5, 5.41) is 19.8. The number of hydrogen-bond donors (Lipinski definition) is 2. The standard InChI is InChI=1S/C18H19N3O3/c1-2-3-9-18(20-21-18)10-8-16(22)19-13-6-4-12(5-7-13)14-11-15(14)17(23)24/h1,4-7,14-15H,3,8-11H2,(H,19,22)(H,23,24)/t14-,15+/m0/s1. The van der Waals surface area contributed by atoms with E-state index in [0.717, 1.165) is 5.56 Å². The van der Waals surface area contributed by atoms with Gasteiger partial charge in [0.1, 0.15) is 0 Å². The van der Waals surface area contributed by atoms with Gasteiger partial charge < -0.3 is 10.4 Å². The number of nitrogens with one attached hydrogen (secondary N) is 1. The van der Waals surface area contributed by atoms with Gasteiger partial charge in [-0.25, -0.2) is 0 Å². The third-order valence-electron chi connectivity index (χ3n) is 4.54. The smallest absolute Gasteiger partial charge is 0.307 e. The average Bonchev–Trinajstić information content (AvgIpc) is 3.46. The summed E-state index contributed by atoms with van der Waals surface area (Å²) in [5.41, 5.74) is 1.27. The molecule has 2 aliphatic rings. The van der Waals surface area contributed by atoms with Crippen LogP contribution in [0.15, 0.2) is 34.5 Å². The van der Waals surface area contributed by atoms with Gasteiger partial charge in [-0.3, -0.25) is 9.59 Å². The molecule has 1 aliphatic heterocycles. The fourth-order valence-corrected chi connectivity index (χ4v) is 2.86. The Balaban J connectivity index is 1.45. The van der Waals surface area contributed by atoms with Gasteiger partial charge in [0, 0.05) is 31.4 Å². The van der Waals surface area contributed by atoms with E-state index in [1.807, 2.05) is 24.3 Å². The van der Waals surface area contributed by atoms with E-state index < -0.39 is 11.6 Å². The fourth-order valence-electron chi connectivity index (χ4n) is 2.86. The minimum absolute atomic E-state index is 0.0880. The van der Waals surface area contributed by atoms with Gasteiger partial charge in [0.15, 0.2) is 5.66 Å². The predicted molar refractivity (Wildman–Crippen MR) is 88.4 cm³/mol. The molecule has 6 nitrogen and oxygen atoms in total. The Labute approximate surface area is 140 Å². The molecule has 1 aromatic carbocycles. The molecule has 0 aromatic heterocycles. The number of carbonyl (C=O) groups excluding carboxylic acids is 1. The third kappa shape index (κ3) is 3.80. The SMILES string of the molecule is C#CCCC1(CCC(=O)Nc2ccc([C@@H]3C[C@H]3C(=O)O)cc2)N=N1. The van der Waals surface area contributed by atoms with E-state index in [4.69, 9.17) is 11.5 Å². The maximum atomic E-state index is 12.0. The molecule has 1 fully saturated rings. The van der Waals surface area contributed by atoms with E-state index in [0.29, 0.717) is 37.8 Å². The van der Waals surface area contributed by atoms with Gasteiger partial charge in [-0.15, -0.1) is 12.3 Å². The summed E-state index contributed by atoms with van der Waals surface area (Å²) in [6.07, 6.45) is 8.13. The number of terminal acetylenes is 1. The molecule has 24 heavy (non-hydrogen) atoms. The second-order valence-electron chi connectivity index (χ2n) is 6.34. The van der Waals surface area contributed by atoms with E-state index in [1.54, 1.807) is 0 Å². The molecule has 1 aromatic rings.